The number of amides is 1. The van der Waals surface area contributed by atoms with Crippen molar-refractivity contribution in [3.8, 4) is 11.1 Å². The second-order valence-corrected chi connectivity index (χ2v) is 8.59. The fourth-order valence-electron chi connectivity index (χ4n) is 3.64. The highest BCUT2D eigenvalue weighted by Crippen LogP contribution is 2.26. The number of carbonyl (C=O) groups is 1. The minimum atomic E-state index is -0.465. The minimum Gasteiger partial charge on any atom is -0.444 e. The van der Waals surface area contributed by atoms with Gasteiger partial charge in [-0.25, -0.2) is 9.78 Å². The van der Waals surface area contributed by atoms with Gasteiger partial charge in [-0.1, -0.05) is 12.1 Å². The number of rotatable bonds is 2. The van der Waals surface area contributed by atoms with Crippen LogP contribution >= 0.6 is 0 Å². The monoisotopic (exact) mass is 392 g/mol. The molecule has 1 aliphatic heterocycles. The summed E-state index contributed by atoms with van der Waals surface area (Å²) < 4.78 is 5.47. The lowest BCUT2D eigenvalue weighted by Gasteiger charge is -2.36. The molecule has 3 heterocycles. The number of piperazine rings is 1. The Morgan fingerprint density at radius 2 is 1.79 bits per heavy atom. The standard InChI is InChI=1S/C23H28N4O2/c1-16-14-24-20-13-17(5-7-19(16)20)18-6-8-21(25-15-18)26-9-11-27(12-10-26)22(28)29-23(2,3)4/h5-8,13-15,24H,9-12H2,1-4H3. The van der Waals surface area contributed by atoms with E-state index in [1.54, 1.807) is 4.90 Å². The van der Waals surface area contributed by atoms with Crippen molar-refractivity contribution in [2.24, 2.45) is 0 Å². The van der Waals surface area contributed by atoms with Crippen molar-refractivity contribution >= 4 is 22.8 Å². The number of hydrogen-bond acceptors (Lipinski definition) is 4. The lowest BCUT2D eigenvalue weighted by molar-refractivity contribution is 0.0240. The maximum atomic E-state index is 12.2. The number of aryl methyl sites for hydroxylation is 1. The third-order valence-corrected chi connectivity index (χ3v) is 5.23. The topological polar surface area (TPSA) is 61.5 Å². The molecule has 1 aliphatic rings. The Labute approximate surface area is 171 Å². The van der Waals surface area contributed by atoms with E-state index in [0.29, 0.717) is 13.1 Å². The number of nitrogens with one attached hydrogen (secondary N) is 1. The number of benzene rings is 1. The number of aromatic amines is 1. The average Bonchev–Trinajstić information content (AvgIpc) is 3.07. The Kier molecular flexibility index (Phi) is 4.94. The summed E-state index contributed by atoms with van der Waals surface area (Å²) in [5, 5.41) is 1.25. The van der Waals surface area contributed by atoms with E-state index >= 15 is 0 Å². The second-order valence-electron chi connectivity index (χ2n) is 8.59. The maximum absolute atomic E-state index is 12.2. The number of nitrogens with zero attached hydrogens (tertiary/aromatic N) is 3. The predicted octanol–water partition coefficient (Wildman–Crippen LogP) is 4.60. The molecule has 29 heavy (non-hydrogen) atoms. The van der Waals surface area contributed by atoms with Gasteiger partial charge in [0, 0.05) is 55.0 Å². The van der Waals surface area contributed by atoms with Crippen LogP contribution in [0.25, 0.3) is 22.0 Å². The van der Waals surface area contributed by atoms with Crippen molar-refractivity contribution in [3.63, 3.8) is 0 Å². The first-order chi connectivity index (χ1) is 13.8. The van der Waals surface area contributed by atoms with Crippen molar-refractivity contribution in [1.82, 2.24) is 14.9 Å². The Bertz CT molecular complexity index is 1010. The lowest BCUT2D eigenvalue weighted by Crippen LogP contribution is -2.50. The van der Waals surface area contributed by atoms with E-state index in [1.807, 2.05) is 33.2 Å². The Morgan fingerprint density at radius 1 is 1.07 bits per heavy atom. The molecule has 0 atom stereocenters. The van der Waals surface area contributed by atoms with Gasteiger partial charge in [0.25, 0.3) is 0 Å². The summed E-state index contributed by atoms with van der Waals surface area (Å²) >= 11 is 0. The highest BCUT2D eigenvalue weighted by molar-refractivity contribution is 5.87. The van der Waals surface area contributed by atoms with Crippen LogP contribution in [-0.4, -0.2) is 52.7 Å². The van der Waals surface area contributed by atoms with Crippen molar-refractivity contribution < 1.29 is 9.53 Å². The van der Waals surface area contributed by atoms with Crippen LogP contribution in [0.1, 0.15) is 26.3 Å². The summed E-state index contributed by atoms with van der Waals surface area (Å²) in [4.78, 5) is 24.2. The van der Waals surface area contributed by atoms with Gasteiger partial charge < -0.3 is 19.5 Å². The van der Waals surface area contributed by atoms with Gasteiger partial charge in [-0.2, -0.15) is 0 Å². The number of anilines is 1. The molecule has 6 heteroatoms. The molecule has 1 fully saturated rings. The zero-order chi connectivity index (χ0) is 20.6. The highest BCUT2D eigenvalue weighted by atomic mass is 16.6. The smallest absolute Gasteiger partial charge is 0.410 e. The average molecular weight is 393 g/mol. The van der Waals surface area contributed by atoms with Crippen LogP contribution in [0.3, 0.4) is 0 Å². The van der Waals surface area contributed by atoms with Crippen molar-refractivity contribution in [2.45, 2.75) is 33.3 Å². The Hall–Kier alpha value is -3.02. The van der Waals surface area contributed by atoms with Gasteiger partial charge in [-0.3, -0.25) is 0 Å². The molecule has 4 rings (SSSR count). The van der Waals surface area contributed by atoms with Crippen LogP contribution in [0.4, 0.5) is 10.6 Å². The number of carbonyl (C=O) groups excluding carboxylic acids is 1. The molecule has 3 aromatic rings. The molecule has 152 valence electrons. The number of aromatic nitrogens is 2. The van der Waals surface area contributed by atoms with E-state index in [4.69, 9.17) is 4.74 Å². The Balaban J connectivity index is 1.41. The van der Waals surface area contributed by atoms with E-state index in [1.165, 1.54) is 10.9 Å². The first kappa shape index (κ1) is 19.3. The van der Waals surface area contributed by atoms with E-state index in [2.05, 4.69) is 52.1 Å². The normalized spacial score (nSPS) is 15.0. The van der Waals surface area contributed by atoms with Crippen molar-refractivity contribution in [2.75, 3.05) is 31.1 Å². The quantitative estimate of drug-likeness (QED) is 0.693. The van der Waals surface area contributed by atoms with Gasteiger partial charge >= 0.3 is 6.09 Å². The first-order valence-electron chi connectivity index (χ1n) is 10.1. The van der Waals surface area contributed by atoms with Crippen LogP contribution in [0.15, 0.2) is 42.7 Å². The molecule has 1 aromatic carbocycles. The molecule has 6 nitrogen and oxygen atoms in total. The third kappa shape index (κ3) is 4.21. The molecule has 1 N–H and O–H groups in total. The fraction of sp³-hybridized carbons (Fsp3) is 0.391. The molecular weight excluding hydrogens is 364 g/mol. The largest absolute Gasteiger partial charge is 0.444 e. The summed E-state index contributed by atoms with van der Waals surface area (Å²) in [5.74, 6) is 0.939. The van der Waals surface area contributed by atoms with Gasteiger partial charge in [0.2, 0.25) is 0 Å². The number of fused-ring (bicyclic) bond motifs is 1. The van der Waals surface area contributed by atoms with E-state index in [0.717, 1.165) is 35.6 Å². The number of hydrogen-bond donors (Lipinski definition) is 1. The van der Waals surface area contributed by atoms with Gasteiger partial charge in [-0.15, -0.1) is 0 Å². The van der Waals surface area contributed by atoms with Crippen molar-refractivity contribution in [1.29, 1.82) is 0 Å². The molecule has 0 saturated carbocycles. The van der Waals surface area contributed by atoms with Crippen LogP contribution in [-0.2, 0) is 4.74 Å². The van der Waals surface area contributed by atoms with Gasteiger partial charge in [-0.05, 0) is 57.0 Å². The summed E-state index contributed by atoms with van der Waals surface area (Å²) in [6, 6.07) is 10.6. The number of H-pyrrole nitrogens is 1. The maximum Gasteiger partial charge on any atom is 0.410 e. The molecule has 0 aliphatic carbocycles. The molecule has 0 radical (unpaired) electrons. The zero-order valence-corrected chi connectivity index (χ0v) is 17.5. The lowest BCUT2D eigenvalue weighted by atomic mass is 10.1. The summed E-state index contributed by atoms with van der Waals surface area (Å²) in [7, 11) is 0. The zero-order valence-electron chi connectivity index (χ0n) is 17.5. The molecular formula is C23H28N4O2. The van der Waals surface area contributed by atoms with Crippen LogP contribution < -0.4 is 4.90 Å². The molecule has 2 aromatic heterocycles. The molecule has 1 saturated heterocycles. The summed E-state index contributed by atoms with van der Waals surface area (Å²) in [6.45, 7) is 10.6. The predicted molar refractivity (Wildman–Crippen MR) is 116 cm³/mol. The molecule has 0 unspecified atom stereocenters. The fourth-order valence-corrected chi connectivity index (χ4v) is 3.64. The van der Waals surface area contributed by atoms with E-state index in [9.17, 15) is 4.79 Å². The molecule has 0 spiro atoms. The molecule has 1 amide bonds. The third-order valence-electron chi connectivity index (χ3n) is 5.23. The van der Waals surface area contributed by atoms with Gasteiger partial charge in [0.15, 0.2) is 0 Å². The Morgan fingerprint density at radius 3 is 2.45 bits per heavy atom. The van der Waals surface area contributed by atoms with E-state index in [-0.39, 0.29) is 6.09 Å². The van der Waals surface area contributed by atoms with Gasteiger partial charge in [0.1, 0.15) is 11.4 Å². The summed E-state index contributed by atoms with van der Waals surface area (Å²) in [6.07, 6.45) is 3.72. The van der Waals surface area contributed by atoms with Gasteiger partial charge in [0.05, 0.1) is 0 Å². The SMILES string of the molecule is Cc1c[nH]c2cc(-c3ccc(N4CCN(C(=O)OC(C)(C)C)CC4)nc3)ccc12. The first-order valence-corrected chi connectivity index (χ1v) is 10.1. The molecule has 0 bridgehead atoms. The van der Waals surface area contributed by atoms with Crippen LogP contribution in [0.2, 0.25) is 0 Å². The van der Waals surface area contributed by atoms with Crippen LogP contribution in [0, 0.1) is 6.92 Å². The number of ether oxygens (including phenoxy) is 1. The van der Waals surface area contributed by atoms with Crippen molar-refractivity contribution in [3.05, 3.63) is 48.3 Å². The van der Waals surface area contributed by atoms with E-state index < -0.39 is 5.60 Å². The highest BCUT2D eigenvalue weighted by Gasteiger charge is 2.26. The second kappa shape index (κ2) is 7.43. The van der Waals surface area contributed by atoms with Crippen LogP contribution in [0.5, 0.6) is 0 Å². The summed E-state index contributed by atoms with van der Waals surface area (Å²) in [5.41, 5.74) is 4.17. The minimum absolute atomic E-state index is 0.240. The number of pyridine rings is 1.